The molecule has 2 aliphatic heterocycles. The molecule has 1 atom stereocenters. The van der Waals surface area contributed by atoms with Crippen LogP contribution in [0.25, 0.3) is 0 Å². The highest BCUT2D eigenvalue weighted by atomic mass is 32.1. The van der Waals surface area contributed by atoms with E-state index in [1.165, 1.54) is 5.56 Å². The lowest BCUT2D eigenvalue weighted by atomic mass is 10.1. The first-order chi connectivity index (χ1) is 9.65. The van der Waals surface area contributed by atoms with Gasteiger partial charge in [-0.2, -0.15) is 0 Å². The summed E-state index contributed by atoms with van der Waals surface area (Å²) in [6.07, 6.45) is 0. The molecule has 1 unspecified atom stereocenters. The van der Waals surface area contributed by atoms with Crippen LogP contribution in [0.3, 0.4) is 0 Å². The fourth-order valence-electron chi connectivity index (χ4n) is 2.85. The molecule has 1 amide bonds. The largest absolute Gasteiger partial charge is 0.378 e. The number of hydrogen-bond donors (Lipinski definition) is 0. The Hall–Kier alpha value is -0.910. The molecule has 0 saturated carbocycles. The van der Waals surface area contributed by atoms with Crippen molar-refractivity contribution in [1.82, 2.24) is 9.80 Å². The number of carbonyl (C=O) groups excluding carboxylic acids is 1. The van der Waals surface area contributed by atoms with Gasteiger partial charge in [0.15, 0.2) is 0 Å². The maximum Gasteiger partial charge on any atom is 0.264 e. The SMILES string of the molecule is CC(C)c1csc(C(=O)N2CCN3CCOCC3C2)c1. The maximum absolute atomic E-state index is 12.6. The Labute approximate surface area is 124 Å². The van der Waals surface area contributed by atoms with Crippen LogP contribution in [0.2, 0.25) is 0 Å². The summed E-state index contributed by atoms with van der Waals surface area (Å²) in [5.41, 5.74) is 1.26. The molecule has 0 aliphatic carbocycles. The lowest BCUT2D eigenvalue weighted by molar-refractivity contribution is -0.0394. The lowest BCUT2D eigenvalue weighted by Crippen LogP contribution is -2.59. The second kappa shape index (κ2) is 5.84. The number of nitrogens with zero attached hydrogens (tertiary/aromatic N) is 2. The van der Waals surface area contributed by atoms with Crippen molar-refractivity contribution in [2.45, 2.75) is 25.8 Å². The Kier molecular flexibility index (Phi) is 4.10. The molecule has 1 aromatic heterocycles. The van der Waals surface area contributed by atoms with Crippen molar-refractivity contribution in [3.8, 4) is 0 Å². The minimum atomic E-state index is 0.187. The van der Waals surface area contributed by atoms with E-state index in [0.29, 0.717) is 12.0 Å². The Morgan fingerprint density at radius 3 is 3.00 bits per heavy atom. The topological polar surface area (TPSA) is 32.8 Å². The molecule has 5 heteroatoms. The van der Waals surface area contributed by atoms with Crippen LogP contribution in [0.4, 0.5) is 0 Å². The van der Waals surface area contributed by atoms with Crippen molar-refractivity contribution in [2.75, 3.05) is 39.4 Å². The van der Waals surface area contributed by atoms with Crippen LogP contribution in [0.1, 0.15) is 35.0 Å². The number of amides is 1. The molecule has 2 saturated heterocycles. The van der Waals surface area contributed by atoms with Gasteiger partial charge in [0.2, 0.25) is 0 Å². The van der Waals surface area contributed by atoms with Gasteiger partial charge < -0.3 is 9.64 Å². The van der Waals surface area contributed by atoms with E-state index in [1.54, 1.807) is 11.3 Å². The van der Waals surface area contributed by atoms with Gasteiger partial charge in [-0.05, 0) is 22.9 Å². The number of rotatable bonds is 2. The number of carbonyl (C=O) groups is 1. The van der Waals surface area contributed by atoms with E-state index in [4.69, 9.17) is 4.74 Å². The van der Waals surface area contributed by atoms with Crippen LogP contribution in [-0.4, -0.2) is 61.1 Å². The molecule has 3 heterocycles. The summed E-state index contributed by atoms with van der Waals surface area (Å²) < 4.78 is 5.53. The quantitative estimate of drug-likeness (QED) is 0.837. The lowest BCUT2D eigenvalue weighted by Gasteiger charge is -2.43. The van der Waals surface area contributed by atoms with Gasteiger partial charge in [-0.25, -0.2) is 0 Å². The van der Waals surface area contributed by atoms with E-state index in [9.17, 15) is 4.79 Å². The van der Waals surface area contributed by atoms with Crippen molar-refractivity contribution < 1.29 is 9.53 Å². The van der Waals surface area contributed by atoms with Crippen LogP contribution in [0.15, 0.2) is 11.4 Å². The average molecular weight is 294 g/mol. The fourth-order valence-corrected chi connectivity index (χ4v) is 3.89. The van der Waals surface area contributed by atoms with Gasteiger partial charge in [-0.15, -0.1) is 11.3 Å². The summed E-state index contributed by atoms with van der Waals surface area (Å²) in [6.45, 7) is 9.52. The number of hydrogen-bond acceptors (Lipinski definition) is 4. The van der Waals surface area contributed by atoms with E-state index in [1.807, 2.05) is 4.90 Å². The molecule has 4 nitrogen and oxygen atoms in total. The molecule has 0 aromatic carbocycles. The summed E-state index contributed by atoms with van der Waals surface area (Å²) >= 11 is 1.57. The van der Waals surface area contributed by atoms with Gasteiger partial charge in [0.05, 0.1) is 24.1 Å². The molecule has 0 spiro atoms. The highest BCUT2D eigenvalue weighted by Gasteiger charge is 2.32. The van der Waals surface area contributed by atoms with Crippen molar-refractivity contribution in [3.63, 3.8) is 0 Å². The van der Waals surface area contributed by atoms with E-state index < -0.39 is 0 Å². The molecular weight excluding hydrogens is 272 g/mol. The van der Waals surface area contributed by atoms with Gasteiger partial charge in [-0.3, -0.25) is 9.69 Å². The number of thiophene rings is 1. The third kappa shape index (κ3) is 2.75. The molecule has 0 bridgehead atoms. The maximum atomic E-state index is 12.6. The van der Waals surface area contributed by atoms with E-state index in [-0.39, 0.29) is 5.91 Å². The van der Waals surface area contributed by atoms with Gasteiger partial charge in [0, 0.05) is 26.2 Å². The first kappa shape index (κ1) is 14.0. The minimum absolute atomic E-state index is 0.187. The number of piperazine rings is 1. The predicted octanol–water partition coefficient (Wildman–Crippen LogP) is 2.03. The second-order valence-electron chi connectivity index (χ2n) is 5.91. The van der Waals surface area contributed by atoms with E-state index in [2.05, 4.69) is 30.2 Å². The highest BCUT2D eigenvalue weighted by molar-refractivity contribution is 7.12. The highest BCUT2D eigenvalue weighted by Crippen LogP contribution is 2.24. The standard InChI is InChI=1S/C15H22N2O2S/c1-11(2)12-7-14(20-10-12)15(18)17-4-3-16-5-6-19-9-13(16)8-17/h7,10-11,13H,3-6,8-9H2,1-2H3. The smallest absolute Gasteiger partial charge is 0.264 e. The molecule has 1 aromatic rings. The van der Waals surface area contributed by atoms with Crippen LogP contribution in [-0.2, 0) is 4.74 Å². The first-order valence-corrected chi connectivity index (χ1v) is 8.22. The Morgan fingerprint density at radius 1 is 1.40 bits per heavy atom. The molecule has 20 heavy (non-hydrogen) atoms. The third-order valence-electron chi connectivity index (χ3n) is 4.22. The molecule has 3 rings (SSSR count). The molecule has 0 radical (unpaired) electrons. The Bertz CT molecular complexity index is 486. The van der Waals surface area contributed by atoms with Crippen LogP contribution >= 0.6 is 11.3 Å². The van der Waals surface area contributed by atoms with Crippen LogP contribution < -0.4 is 0 Å². The summed E-state index contributed by atoms with van der Waals surface area (Å²) in [7, 11) is 0. The van der Waals surface area contributed by atoms with Gasteiger partial charge in [0.25, 0.3) is 5.91 Å². The molecule has 2 aliphatic rings. The number of ether oxygens (including phenoxy) is 1. The summed E-state index contributed by atoms with van der Waals surface area (Å²) in [6, 6.07) is 2.44. The van der Waals surface area contributed by atoms with Gasteiger partial charge in [0.1, 0.15) is 0 Å². The van der Waals surface area contributed by atoms with Crippen LogP contribution in [0, 0.1) is 0 Å². The number of morpholine rings is 1. The molecule has 110 valence electrons. The molecule has 2 fully saturated rings. The molecule has 0 N–H and O–H groups in total. The summed E-state index contributed by atoms with van der Waals surface area (Å²) in [4.78, 5) is 17.9. The van der Waals surface area contributed by atoms with E-state index in [0.717, 1.165) is 44.3 Å². The fraction of sp³-hybridized carbons (Fsp3) is 0.667. The normalized spacial score (nSPS) is 23.9. The molecular formula is C15H22N2O2S. The van der Waals surface area contributed by atoms with Crippen molar-refractivity contribution in [1.29, 1.82) is 0 Å². The zero-order chi connectivity index (χ0) is 14.1. The monoisotopic (exact) mass is 294 g/mol. The van der Waals surface area contributed by atoms with Crippen LogP contribution in [0.5, 0.6) is 0 Å². The zero-order valence-electron chi connectivity index (χ0n) is 12.2. The Morgan fingerprint density at radius 2 is 2.25 bits per heavy atom. The zero-order valence-corrected chi connectivity index (χ0v) is 13.0. The summed E-state index contributed by atoms with van der Waals surface area (Å²) in [5.74, 6) is 0.670. The average Bonchev–Trinajstić information content (AvgIpc) is 2.96. The van der Waals surface area contributed by atoms with Gasteiger partial charge >= 0.3 is 0 Å². The number of fused-ring (bicyclic) bond motifs is 1. The van der Waals surface area contributed by atoms with Crippen molar-refractivity contribution >= 4 is 17.2 Å². The third-order valence-corrected chi connectivity index (χ3v) is 5.16. The second-order valence-corrected chi connectivity index (χ2v) is 6.83. The summed E-state index contributed by atoms with van der Waals surface area (Å²) in [5, 5.41) is 2.11. The van der Waals surface area contributed by atoms with Crippen molar-refractivity contribution in [3.05, 3.63) is 21.9 Å². The van der Waals surface area contributed by atoms with E-state index >= 15 is 0 Å². The van der Waals surface area contributed by atoms with Crippen molar-refractivity contribution in [2.24, 2.45) is 0 Å². The Balaban J connectivity index is 1.67. The first-order valence-electron chi connectivity index (χ1n) is 7.34. The minimum Gasteiger partial charge on any atom is -0.378 e. The van der Waals surface area contributed by atoms with Gasteiger partial charge in [-0.1, -0.05) is 13.8 Å². The predicted molar refractivity (Wildman–Crippen MR) is 80.5 cm³/mol.